The van der Waals surface area contributed by atoms with E-state index in [2.05, 4.69) is 11.8 Å². The van der Waals surface area contributed by atoms with Crippen molar-refractivity contribution in [2.75, 3.05) is 18.6 Å². The second-order valence-corrected chi connectivity index (χ2v) is 8.62. The van der Waals surface area contributed by atoms with Crippen molar-refractivity contribution in [3.63, 3.8) is 0 Å². The zero-order chi connectivity index (χ0) is 23.1. The van der Waals surface area contributed by atoms with Gasteiger partial charge in [-0.3, -0.25) is 13.9 Å². The summed E-state index contributed by atoms with van der Waals surface area (Å²) >= 11 is 0. The van der Waals surface area contributed by atoms with Gasteiger partial charge < -0.3 is 14.2 Å². The minimum Gasteiger partial charge on any atom is -0.495 e. The predicted molar refractivity (Wildman–Crippen MR) is 129 cm³/mol. The van der Waals surface area contributed by atoms with Crippen molar-refractivity contribution in [2.45, 2.75) is 26.4 Å². The summed E-state index contributed by atoms with van der Waals surface area (Å²) in [6.45, 7) is 3.86. The third kappa shape index (κ3) is 3.51. The summed E-state index contributed by atoms with van der Waals surface area (Å²) in [6, 6.07) is 17.6. The lowest BCUT2D eigenvalue weighted by Crippen LogP contribution is -2.40. The summed E-state index contributed by atoms with van der Waals surface area (Å²) in [5.74, 6) is 1.66. The highest BCUT2D eigenvalue weighted by atomic mass is 16.5. The van der Waals surface area contributed by atoms with Crippen molar-refractivity contribution in [3.8, 4) is 5.75 Å². The minimum atomic E-state index is -0.351. The number of nitrogens with zero attached hydrogens (tertiary/aromatic N) is 5. The number of anilines is 2. The van der Waals surface area contributed by atoms with Crippen LogP contribution in [0, 0.1) is 5.92 Å². The molecule has 0 unspecified atom stereocenters. The van der Waals surface area contributed by atoms with Gasteiger partial charge in [-0.2, -0.15) is 4.98 Å². The molecule has 0 saturated carbocycles. The average molecular weight is 446 g/mol. The fourth-order valence-electron chi connectivity index (χ4n) is 4.64. The normalized spacial score (nSPS) is 15.6. The van der Waals surface area contributed by atoms with Gasteiger partial charge in [-0.05, 0) is 30.0 Å². The molecule has 0 amide bonds. The van der Waals surface area contributed by atoms with Crippen LogP contribution in [0.5, 0.6) is 5.75 Å². The molecule has 3 heterocycles. The molecule has 5 rings (SSSR count). The number of ether oxygens (including phenoxy) is 1. The van der Waals surface area contributed by atoms with E-state index in [1.165, 1.54) is 9.13 Å². The molecule has 0 fully saturated rings. The zero-order valence-electron chi connectivity index (χ0n) is 19.1. The van der Waals surface area contributed by atoms with Gasteiger partial charge in [0.2, 0.25) is 5.95 Å². The maximum Gasteiger partial charge on any atom is 0.332 e. The van der Waals surface area contributed by atoms with E-state index in [1.54, 1.807) is 14.2 Å². The molecule has 2 aromatic heterocycles. The Kier molecular flexibility index (Phi) is 5.28. The number of imidazole rings is 1. The fourth-order valence-corrected chi connectivity index (χ4v) is 4.64. The molecule has 0 radical (unpaired) electrons. The molecule has 0 spiro atoms. The molecular formula is C25H27N5O3. The molecule has 0 N–H and O–H groups in total. The van der Waals surface area contributed by atoms with E-state index >= 15 is 0 Å². The van der Waals surface area contributed by atoms with Gasteiger partial charge in [0.05, 0.1) is 12.8 Å². The quantitative estimate of drug-likeness (QED) is 0.472. The van der Waals surface area contributed by atoms with Crippen LogP contribution in [0.1, 0.15) is 12.5 Å². The van der Waals surface area contributed by atoms with Gasteiger partial charge in [-0.15, -0.1) is 0 Å². The molecule has 2 aromatic carbocycles. The molecule has 0 bridgehead atoms. The lowest BCUT2D eigenvalue weighted by Gasteiger charge is -2.33. The molecule has 4 aromatic rings. The van der Waals surface area contributed by atoms with Crippen molar-refractivity contribution in [1.29, 1.82) is 0 Å². The molecular weight excluding hydrogens is 418 g/mol. The molecule has 8 nitrogen and oxygen atoms in total. The van der Waals surface area contributed by atoms with E-state index < -0.39 is 0 Å². The predicted octanol–water partition coefficient (Wildman–Crippen LogP) is 2.94. The van der Waals surface area contributed by atoms with Gasteiger partial charge in [-0.1, -0.05) is 49.4 Å². The first kappa shape index (κ1) is 21.1. The fraction of sp³-hybridized carbons (Fsp3) is 0.320. The molecule has 33 heavy (non-hydrogen) atoms. The second kappa shape index (κ2) is 8.27. The van der Waals surface area contributed by atoms with E-state index in [1.807, 2.05) is 59.2 Å². The summed E-state index contributed by atoms with van der Waals surface area (Å²) in [6.07, 6.45) is 0.603. The standard InChI is InChI=1S/C25H27N5O3/c1-17-15-29(19-11-7-8-12-20(19)33-3)24-26-22-21(30(24)16-17)23(31)28(25(32)27(22)2)14-13-18-9-5-4-6-10-18/h4-12,17H,13-16H2,1-3H3/t17-/m1/s1. The Morgan fingerprint density at radius 2 is 1.76 bits per heavy atom. The number of benzene rings is 2. The number of hydrogen-bond acceptors (Lipinski definition) is 5. The Balaban J connectivity index is 1.67. The van der Waals surface area contributed by atoms with E-state index in [0.29, 0.717) is 36.6 Å². The molecule has 170 valence electrons. The first-order chi connectivity index (χ1) is 16.0. The number of aryl methyl sites for hydroxylation is 2. The maximum absolute atomic E-state index is 13.6. The first-order valence-corrected chi connectivity index (χ1v) is 11.1. The van der Waals surface area contributed by atoms with Crippen LogP contribution in [0.15, 0.2) is 64.2 Å². The van der Waals surface area contributed by atoms with Crippen molar-refractivity contribution in [2.24, 2.45) is 13.0 Å². The largest absolute Gasteiger partial charge is 0.495 e. The van der Waals surface area contributed by atoms with E-state index in [0.717, 1.165) is 23.5 Å². The molecule has 0 saturated heterocycles. The smallest absolute Gasteiger partial charge is 0.332 e. The van der Waals surface area contributed by atoms with Gasteiger partial charge in [-0.25, -0.2) is 4.79 Å². The third-order valence-corrected chi connectivity index (χ3v) is 6.29. The topological polar surface area (TPSA) is 74.3 Å². The molecule has 8 heteroatoms. The number of rotatable bonds is 5. The summed E-state index contributed by atoms with van der Waals surface area (Å²) in [5.41, 5.74) is 2.19. The van der Waals surface area contributed by atoms with Crippen LogP contribution < -0.4 is 20.9 Å². The second-order valence-electron chi connectivity index (χ2n) is 8.62. The summed E-state index contributed by atoms with van der Waals surface area (Å²) in [7, 11) is 3.32. The lowest BCUT2D eigenvalue weighted by atomic mass is 10.1. The molecule has 0 aliphatic carbocycles. The van der Waals surface area contributed by atoms with E-state index in [-0.39, 0.29) is 17.2 Å². The Morgan fingerprint density at radius 1 is 1.03 bits per heavy atom. The average Bonchev–Trinajstić information content (AvgIpc) is 3.22. The van der Waals surface area contributed by atoms with Gasteiger partial charge in [0, 0.05) is 26.7 Å². The van der Waals surface area contributed by atoms with Crippen molar-refractivity contribution in [1.82, 2.24) is 18.7 Å². The van der Waals surface area contributed by atoms with Crippen LogP contribution in [0.25, 0.3) is 11.2 Å². The van der Waals surface area contributed by atoms with Crippen LogP contribution >= 0.6 is 0 Å². The number of aromatic nitrogens is 4. The molecule has 1 aliphatic rings. The Morgan fingerprint density at radius 3 is 2.52 bits per heavy atom. The summed E-state index contributed by atoms with van der Waals surface area (Å²) in [4.78, 5) is 33.5. The number of para-hydroxylation sites is 2. The van der Waals surface area contributed by atoms with E-state index in [4.69, 9.17) is 9.72 Å². The highest BCUT2D eigenvalue weighted by molar-refractivity contribution is 5.78. The van der Waals surface area contributed by atoms with Crippen molar-refractivity contribution >= 4 is 22.8 Å². The lowest BCUT2D eigenvalue weighted by molar-refractivity contribution is 0.409. The van der Waals surface area contributed by atoms with Gasteiger partial charge >= 0.3 is 5.69 Å². The van der Waals surface area contributed by atoms with Crippen LogP contribution in [-0.4, -0.2) is 32.3 Å². The number of fused-ring (bicyclic) bond motifs is 3. The Labute approximate surface area is 191 Å². The highest BCUT2D eigenvalue weighted by Crippen LogP contribution is 2.37. The van der Waals surface area contributed by atoms with Crippen LogP contribution in [0.3, 0.4) is 0 Å². The maximum atomic E-state index is 13.6. The number of hydrogen-bond donors (Lipinski definition) is 0. The van der Waals surface area contributed by atoms with Crippen LogP contribution in [-0.2, 0) is 26.6 Å². The molecule has 1 atom stereocenters. The van der Waals surface area contributed by atoms with Crippen LogP contribution in [0.2, 0.25) is 0 Å². The van der Waals surface area contributed by atoms with Gasteiger partial charge in [0.15, 0.2) is 11.2 Å². The summed E-state index contributed by atoms with van der Waals surface area (Å²) in [5, 5.41) is 0. The molecule has 1 aliphatic heterocycles. The first-order valence-electron chi connectivity index (χ1n) is 11.1. The Hall–Kier alpha value is -3.81. The van der Waals surface area contributed by atoms with Gasteiger partial charge in [0.1, 0.15) is 5.75 Å². The van der Waals surface area contributed by atoms with Crippen molar-refractivity contribution in [3.05, 3.63) is 81.0 Å². The Bertz CT molecular complexity index is 1430. The summed E-state index contributed by atoms with van der Waals surface area (Å²) < 4.78 is 10.4. The van der Waals surface area contributed by atoms with Gasteiger partial charge in [0.25, 0.3) is 5.56 Å². The highest BCUT2D eigenvalue weighted by Gasteiger charge is 2.31. The number of methoxy groups -OCH3 is 1. The minimum absolute atomic E-state index is 0.272. The zero-order valence-corrected chi connectivity index (χ0v) is 19.1. The van der Waals surface area contributed by atoms with Crippen molar-refractivity contribution < 1.29 is 4.74 Å². The third-order valence-electron chi connectivity index (χ3n) is 6.29. The van der Waals surface area contributed by atoms with Crippen LogP contribution in [0.4, 0.5) is 11.6 Å². The monoisotopic (exact) mass is 445 g/mol. The van der Waals surface area contributed by atoms with E-state index in [9.17, 15) is 9.59 Å². The SMILES string of the molecule is COc1ccccc1N1C[C@@H](C)Cn2c1nc1c2c(=O)n(CCc2ccccc2)c(=O)n1C.